The van der Waals surface area contributed by atoms with Crippen molar-refractivity contribution < 1.29 is 4.39 Å². The molecule has 1 aromatic rings. The molecule has 0 unspecified atom stereocenters. The van der Waals surface area contributed by atoms with Crippen LogP contribution in [0.5, 0.6) is 0 Å². The van der Waals surface area contributed by atoms with Crippen LogP contribution in [0, 0.1) is 5.82 Å². The molecular weight excluding hydrogens is 199 g/mol. The summed E-state index contributed by atoms with van der Waals surface area (Å²) in [5.41, 5.74) is 0.493. The largest absolute Gasteiger partial charge is 0.333 e. The van der Waals surface area contributed by atoms with Crippen LogP contribution in [0.4, 0.5) is 10.1 Å². The summed E-state index contributed by atoms with van der Waals surface area (Å²) in [6.07, 6.45) is 0. The number of para-hydroxylation sites is 1. The summed E-state index contributed by atoms with van der Waals surface area (Å²) in [4.78, 5) is 4.25. The zero-order valence-electron chi connectivity index (χ0n) is 7.83. The van der Waals surface area contributed by atoms with Gasteiger partial charge < -0.3 is 5.32 Å². The number of nitrogens with one attached hydrogen (secondary N) is 1. The Labute approximate surface area is 86.6 Å². The maximum absolute atomic E-state index is 13.2. The van der Waals surface area contributed by atoms with Crippen LogP contribution in [0.3, 0.4) is 0 Å². The van der Waals surface area contributed by atoms with Gasteiger partial charge in [0, 0.05) is 5.25 Å². The number of aliphatic imine (C=N–C) groups is 1. The van der Waals surface area contributed by atoms with E-state index in [-0.39, 0.29) is 5.82 Å². The lowest BCUT2D eigenvalue weighted by molar-refractivity contribution is 0.632. The first-order valence-corrected chi connectivity index (χ1v) is 5.36. The van der Waals surface area contributed by atoms with E-state index in [0.29, 0.717) is 10.9 Å². The molecule has 0 saturated heterocycles. The molecule has 0 aromatic heterocycles. The Balaban J connectivity index is 2.08. The van der Waals surface area contributed by atoms with Crippen LogP contribution in [0.25, 0.3) is 0 Å². The van der Waals surface area contributed by atoms with E-state index in [4.69, 9.17) is 0 Å². The molecule has 1 aromatic carbocycles. The normalized spacial score (nSPS) is 20.7. The van der Waals surface area contributed by atoms with E-state index < -0.39 is 0 Å². The molecule has 14 heavy (non-hydrogen) atoms. The van der Waals surface area contributed by atoms with Crippen molar-refractivity contribution in [3.8, 4) is 0 Å². The lowest BCUT2D eigenvalue weighted by Crippen LogP contribution is -2.07. The highest BCUT2D eigenvalue weighted by molar-refractivity contribution is 8.15. The van der Waals surface area contributed by atoms with Crippen molar-refractivity contribution in [2.75, 3.05) is 11.9 Å². The zero-order valence-corrected chi connectivity index (χ0v) is 8.64. The minimum Gasteiger partial charge on any atom is -0.333 e. The van der Waals surface area contributed by atoms with Crippen LogP contribution in [-0.4, -0.2) is 17.0 Å². The second-order valence-electron chi connectivity index (χ2n) is 3.18. The van der Waals surface area contributed by atoms with Gasteiger partial charge in [-0.15, -0.1) is 0 Å². The second-order valence-corrected chi connectivity index (χ2v) is 4.61. The van der Waals surface area contributed by atoms with E-state index in [1.807, 2.05) is 0 Å². The van der Waals surface area contributed by atoms with E-state index in [1.54, 1.807) is 30.0 Å². The van der Waals surface area contributed by atoms with E-state index in [2.05, 4.69) is 17.2 Å². The summed E-state index contributed by atoms with van der Waals surface area (Å²) >= 11 is 1.64. The molecule has 0 bridgehead atoms. The minimum atomic E-state index is -0.240. The molecule has 1 aliphatic rings. The fraction of sp³-hybridized carbons (Fsp3) is 0.300. The van der Waals surface area contributed by atoms with E-state index in [1.165, 1.54) is 6.07 Å². The summed E-state index contributed by atoms with van der Waals surface area (Å²) in [5, 5.41) is 4.28. The number of halogens is 1. The lowest BCUT2D eigenvalue weighted by atomic mass is 10.3. The highest BCUT2D eigenvalue weighted by Crippen LogP contribution is 2.22. The van der Waals surface area contributed by atoms with Crippen molar-refractivity contribution in [1.29, 1.82) is 0 Å². The van der Waals surface area contributed by atoms with E-state index in [9.17, 15) is 4.39 Å². The van der Waals surface area contributed by atoms with Crippen molar-refractivity contribution >= 4 is 22.6 Å². The maximum atomic E-state index is 13.2. The van der Waals surface area contributed by atoms with Gasteiger partial charge in [-0.05, 0) is 12.1 Å². The Morgan fingerprint density at radius 1 is 1.50 bits per heavy atom. The highest BCUT2D eigenvalue weighted by Gasteiger charge is 2.15. The molecule has 0 spiro atoms. The average molecular weight is 210 g/mol. The highest BCUT2D eigenvalue weighted by atomic mass is 32.2. The van der Waals surface area contributed by atoms with Gasteiger partial charge in [0.1, 0.15) is 5.82 Å². The van der Waals surface area contributed by atoms with Crippen LogP contribution in [-0.2, 0) is 0 Å². The monoisotopic (exact) mass is 210 g/mol. The second kappa shape index (κ2) is 4.00. The number of hydrogen-bond acceptors (Lipinski definition) is 3. The summed E-state index contributed by atoms with van der Waals surface area (Å²) in [6, 6.07) is 6.62. The minimum absolute atomic E-state index is 0.240. The summed E-state index contributed by atoms with van der Waals surface area (Å²) in [6.45, 7) is 2.91. The molecule has 0 radical (unpaired) electrons. The van der Waals surface area contributed by atoms with Crippen molar-refractivity contribution in [1.82, 2.24) is 0 Å². The van der Waals surface area contributed by atoms with Gasteiger partial charge in [0.2, 0.25) is 0 Å². The van der Waals surface area contributed by atoms with Crippen molar-refractivity contribution in [2.24, 2.45) is 4.99 Å². The average Bonchev–Trinajstić information content (AvgIpc) is 2.56. The standard InChI is InChI=1S/C10H11FN2S/c1-7-6-12-10(14-7)13-9-5-3-2-4-8(9)11/h2-5,7H,6H2,1H3,(H,12,13)/t7-/m1/s1. The topological polar surface area (TPSA) is 24.4 Å². The fourth-order valence-electron chi connectivity index (χ4n) is 1.22. The Kier molecular flexibility index (Phi) is 2.72. The first-order valence-electron chi connectivity index (χ1n) is 4.48. The Bertz CT molecular complexity index is 365. The number of anilines is 1. The van der Waals surface area contributed by atoms with Gasteiger partial charge >= 0.3 is 0 Å². The molecule has 1 aliphatic heterocycles. The van der Waals surface area contributed by atoms with Gasteiger partial charge in [-0.2, -0.15) is 0 Å². The van der Waals surface area contributed by atoms with Crippen LogP contribution in [0.15, 0.2) is 29.3 Å². The predicted molar refractivity (Wildman–Crippen MR) is 59.4 cm³/mol. The molecule has 0 fully saturated rings. The molecule has 0 aliphatic carbocycles. The number of nitrogens with zero attached hydrogens (tertiary/aromatic N) is 1. The van der Waals surface area contributed by atoms with Crippen LogP contribution in [0.1, 0.15) is 6.92 Å². The number of hydrogen-bond donors (Lipinski definition) is 1. The van der Waals surface area contributed by atoms with Gasteiger partial charge in [-0.25, -0.2) is 4.39 Å². The predicted octanol–water partition coefficient (Wildman–Crippen LogP) is 2.73. The van der Waals surface area contributed by atoms with E-state index in [0.717, 1.165) is 11.7 Å². The third-order valence-electron chi connectivity index (χ3n) is 1.92. The molecule has 4 heteroatoms. The summed E-state index contributed by atoms with van der Waals surface area (Å²) in [7, 11) is 0. The molecular formula is C10H11FN2S. The van der Waals surface area contributed by atoms with Crippen LogP contribution >= 0.6 is 11.8 Å². The third-order valence-corrected chi connectivity index (χ3v) is 2.93. The van der Waals surface area contributed by atoms with Crippen molar-refractivity contribution in [3.63, 3.8) is 0 Å². The van der Waals surface area contributed by atoms with Gasteiger partial charge in [-0.3, -0.25) is 4.99 Å². The first kappa shape index (κ1) is 9.52. The van der Waals surface area contributed by atoms with Gasteiger partial charge in [0.15, 0.2) is 5.17 Å². The van der Waals surface area contributed by atoms with Gasteiger partial charge in [0.05, 0.1) is 12.2 Å². The van der Waals surface area contributed by atoms with Gasteiger partial charge in [0.25, 0.3) is 0 Å². The molecule has 0 saturated carbocycles. The SMILES string of the molecule is C[C@@H]1CN=C(Nc2ccccc2F)S1. The van der Waals surface area contributed by atoms with Gasteiger partial charge in [-0.1, -0.05) is 30.8 Å². The number of thioether (sulfide) groups is 1. The molecule has 1 heterocycles. The first-order chi connectivity index (χ1) is 6.75. The van der Waals surface area contributed by atoms with Crippen LogP contribution in [0.2, 0.25) is 0 Å². The quantitative estimate of drug-likeness (QED) is 0.770. The molecule has 2 rings (SSSR count). The Morgan fingerprint density at radius 3 is 2.93 bits per heavy atom. The molecule has 1 atom stereocenters. The van der Waals surface area contributed by atoms with E-state index >= 15 is 0 Å². The fourth-order valence-corrected chi connectivity index (χ4v) is 2.07. The van der Waals surface area contributed by atoms with Crippen molar-refractivity contribution in [3.05, 3.63) is 30.1 Å². The zero-order chi connectivity index (χ0) is 9.97. The Morgan fingerprint density at radius 2 is 2.29 bits per heavy atom. The van der Waals surface area contributed by atoms with Crippen molar-refractivity contribution in [2.45, 2.75) is 12.2 Å². The van der Waals surface area contributed by atoms with Crippen LogP contribution < -0.4 is 5.32 Å². The lowest BCUT2D eigenvalue weighted by Gasteiger charge is -2.06. The Hall–Kier alpha value is -1.03. The number of benzene rings is 1. The molecule has 0 amide bonds. The smallest absolute Gasteiger partial charge is 0.161 e. The molecule has 74 valence electrons. The summed E-state index contributed by atoms with van der Waals surface area (Å²) < 4.78 is 13.2. The number of amidine groups is 1. The molecule has 2 nitrogen and oxygen atoms in total. The number of rotatable bonds is 1. The molecule has 1 N–H and O–H groups in total. The third kappa shape index (κ3) is 2.07. The maximum Gasteiger partial charge on any atom is 0.161 e. The summed E-state index contributed by atoms with van der Waals surface area (Å²) in [5.74, 6) is -0.240.